The number of ether oxygens (including phenoxy) is 4. The fraction of sp³-hybridized carbons (Fsp3) is 0.367. The molecule has 0 radical (unpaired) electrons. The number of aliphatic hydroxyl groups is 2. The number of hydrogen-bond acceptors (Lipinski definition) is 7. The Hall–Kier alpha value is -3.39. The lowest BCUT2D eigenvalue weighted by Gasteiger charge is -2.17. The van der Waals surface area contributed by atoms with E-state index >= 15 is 0 Å². The molecule has 3 aromatic rings. The number of aliphatic hydroxyl groups excluding tert-OH is 2. The Bertz CT molecular complexity index is 1130. The molecule has 0 unspecified atom stereocenters. The third-order valence-corrected chi connectivity index (χ3v) is 5.98. The predicted molar refractivity (Wildman–Crippen MR) is 142 cm³/mol. The third-order valence-electron chi connectivity index (χ3n) is 5.98. The van der Waals surface area contributed by atoms with E-state index in [9.17, 15) is 9.90 Å². The Morgan fingerprint density at radius 1 is 0.946 bits per heavy atom. The van der Waals surface area contributed by atoms with Crippen molar-refractivity contribution >= 4 is 5.97 Å². The van der Waals surface area contributed by atoms with E-state index in [0.29, 0.717) is 19.0 Å². The van der Waals surface area contributed by atoms with Crippen molar-refractivity contribution in [3.05, 3.63) is 82.9 Å². The van der Waals surface area contributed by atoms with Crippen LogP contribution in [-0.4, -0.2) is 49.2 Å². The third kappa shape index (κ3) is 8.05. The Morgan fingerprint density at radius 3 is 2.27 bits per heavy atom. The summed E-state index contributed by atoms with van der Waals surface area (Å²) < 4.78 is 22.1. The molecule has 37 heavy (non-hydrogen) atoms. The number of hydrogen-bond donors (Lipinski definition) is 2. The maximum atomic E-state index is 11.7. The molecule has 0 saturated carbocycles. The molecule has 2 N–H and O–H groups in total. The van der Waals surface area contributed by atoms with Crippen LogP contribution in [0.15, 0.2) is 60.7 Å². The summed E-state index contributed by atoms with van der Waals surface area (Å²) in [5, 5.41) is 18.5. The lowest BCUT2D eigenvalue weighted by molar-refractivity contribution is -0.143. The second kappa shape index (κ2) is 13.8. The van der Waals surface area contributed by atoms with Gasteiger partial charge in [-0.3, -0.25) is 4.79 Å². The zero-order chi connectivity index (χ0) is 26.8. The van der Waals surface area contributed by atoms with Crippen molar-refractivity contribution in [2.75, 3.05) is 26.9 Å². The summed E-state index contributed by atoms with van der Waals surface area (Å²) in [7, 11) is 1.37. The summed E-state index contributed by atoms with van der Waals surface area (Å²) in [6, 6.07) is 19.7. The lowest BCUT2D eigenvalue weighted by atomic mass is 9.94. The molecule has 3 rings (SSSR count). The van der Waals surface area contributed by atoms with Crippen molar-refractivity contribution < 1.29 is 34.0 Å². The highest BCUT2D eigenvalue weighted by molar-refractivity contribution is 5.72. The number of rotatable bonds is 13. The van der Waals surface area contributed by atoms with Crippen molar-refractivity contribution in [1.82, 2.24) is 0 Å². The zero-order valence-corrected chi connectivity index (χ0v) is 21.9. The average molecular weight is 509 g/mol. The van der Waals surface area contributed by atoms with E-state index in [-0.39, 0.29) is 31.7 Å². The first-order chi connectivity index (χ1) is 17.8. The van der Waals surface area contributed by atoms with Crippen molar-refractivity contribution in [2.45, 2.75) is 46.0 Å². The van der Waals surface area contributed by atoms with Crippen LogP contribution < -0.4 is 9.47 Å². The smallest absolute Gasteiger partial charge is 0.308 e. The molecule has 0 bridgehead atoms. The largest absolute Gasteiger partial charge is 0.491 e. The van der Waals surface area contributed by atoms with Gasteiger partial charge in [-0.05, 0) is 84.5 Å². The second-order valence-electron chi connectivity index (χ2n) is 8.86. The van der Waals surface area contributed by atoms with Gasteiger partial charge in [-0.2, -0.15) is 0 Å². The van der Waals surface area contributed by atoms with Gasteiger partial charge in [-0.15, -0.1) is 0 Å². The number of carbonyl (C=O) groups is 1. The van der Waals surface area contributed by atoms with Gasteiger partial charge in [0.2, 0.25) is 0 Å². The first kappa shape index (κ1) is 28.2. The van der Waals surface area contributed by atoms with E-state index in [4.69, 9.17) is 24.1 Å². The fourth-order valence-corrected chi connectivity index (χ4v) is 4.18. The number of carbonyl (C=O) groups excluding carboxylic acids is 1. The van der Waals surface area contributed by atoms with Crippen LogP contribution in [-0.2, 0) is 20.9 Å². The normalized spacial score (nSPS) is 12.6. The molecule has 0 aliphatic carbocycles. The number of benzene rings is 3. The van der Waals surface area contributed by atoms with Gasteiger partial charge in [0.25, 0.3) is 0 Å². The van der Waals surface area contributed by atoms with E-state index in [0.717, 1.165) is 39.1 Å². The fourth-order valence-electron chi connectivity index (χ4n) is 4.18. The van der Waals surface area contributed by atoms with Gasteiger partial charge in [0, 0.05) is 6.61 Å². The van der Waals surface area contributed by atoms with Gasteiger partial charge in [0.1, 0.15) is 30.8 Å². The molecule has 0 aliphatic heterocycles. The number of aryl methyl sites for hydroxylation is 2. The van der Waals surface area contributed by atoms with Crippen LogP contribution >= 0.6 is 0 Å². The van der Waals surface area contributed by atoms with Crippen molar-refractivity contribution in [3.63, 3.8) is 0 Å². The van der Waals surface area contributed by atoms with Gasteiger partial charge in [-0.25, -0.2) is 0 Å². The molecule has 0 aliphatic rings. The highest BCUT2D eigenvalue weighted by atomic mass is 16.5. The molecule has 0 heterocycles. The highest BCUT2D eigenvalue weighted by Gasteiger charge is 2.17. The topological polar surface area (TPSA) is 94.5 Å². The predicted octanol–water partition coefficient (Wildman–Crippen LogP) is 4.92. The monoisotopic (exact) mass is 508 g/mol. The van der Waals surface area contributed by atoms with Crippen LogP contribution in [0.2, 0.25) is 0 Å². The Balaban J connectivity index is 1.68. The van der Waals surface area contributed by atoms with E-state index in [1.54, 1.807) is 0 Å². The summed E-state index contributed by atoms with van der Waals surface area (Å²) in [4.78, 5) is 11.7. The zero-order valence-electron chi connectivity index (χ0n) is 21.9. The molecule has 2 atom stereocenters. The van der Waals surface area contributed by atoms with Crippen LogP contribution in [0.5, 0.6) is 11.5 Å². The second-order valence-corrected chi connectivity index (χ2v) is 8.86. The maximum absolute atomic E-state index is 11.7. The number of esters is 1. The quantitative estimate of drug-likeness (QED) is 0.317. The summed E-state index contributed by atoms with van der Waals surface area (Å²) >= 11 is 0. The molecule has 3 aromatic carbocycles. The van der Waals surface area contributed by atoms with E-state index in [1.165, 1.54) is 7.11 Å². The first-order valence-corrected chi connectivity index (χ1v) is 12.4. The molecule has 7 nitrogen and oxygen atoms in total. The molecule has 0 amide bonds. The van der Waals surface area contributed by atoms with Crippen LogP contribution in [0.1, 0.15) is 41.7 Å². The highest BCUT2D eigenvalue weighted by Crippen LogP contribution is 2.32. The molecule has 0 spiro atoms. The van der Waals surface area contributed by atoms with Gasteiger partial charge in [0.05, 0.1) is 26.2 Å². The van der Waals surface area contributed by atoms with Crippen LogP contribution in [0.4, 0.5) is 0 Å². The van der Waals surface area contributed by atoms with E-state index < -0.39 is 6.10 Å². The average Bonchev–Trinajstić information content (AvgIpc) is 2.90. The Morgan fingerprint density at radius 2 is 1.65 bits per heavy atom. The van der Waals surface area contributed by atoms with Gasteiger partial charge >= 0.3 is 5.97 Å². The summed E-state index contributed by atoms with van der Waals surface area (Å²) in [5.74, 6) is 1.07. The summed E-state index contributed by atoms with van der Waals surface area (Å²) in [5.41, 5.74) is 6.23. The molecular weight excluding hydrogens is 472 g/mol. The maximum Gasteiger partial charge on any atom is 0.308 e. The van der Waals surface area contributed by atoms with E-state index in [2.05, 4.69) is 12.1 Å². The van der Waals surface area contributed by atoms with Crippen LogP contribution in [0.3, 0.4) is 0 Å². The summed E-state index contributed by atoms with van der Waals surface area (Å²) in [6.45, 7) is 6.56. The van der Waals surface area contributed by atoms with Crippen molar-refractivity contribution in [1.29, 1.82) is 0 Å². The van der Waals surface area contributed by atoms with Gasteiger partial charge in [0.15, 0.2) is 0 Å². The van der Waals surface area contributed by atoms with Crippen molar-refractivity contribution in [2.24, 2.45) is 0 Å². The molecule has 7 heteroatoms. The van der Waals surface area contributed by atoms with Crippen molar-refractivity contribution in [3.8, 4) is 22.6 Å². The molecule has 198 valence electrons. The molecule has 0 fully saturated rings. The molecule has 0 aromatic heterocycles. The SMILES string of the molecule is CCO[C@@H](CC(=O)OC)c1ccc(OCc2cccc(-c3c(C)cc(OC[C@H](O)CO)cc3C)c2)cc1. The molecule has 0 saturated heterocycles. The standard InChI is InChI=1S/C30H36O7/c1-5-35-28(16-29(33)34-4)23-9-11-26(12-10-23)36-18-22-7-6-8-24(15-22)30-20(2)13-27(14-21(30)3)37-19-25(32)17-31/h6-15,25,28,31-32H,5,16-19H2,1-4H3/t25-,28+/m1/s1. The Kier molecular flexibility index (Phi) is 10.5. The minimum atomic E-state index is -0.904. The molecular formula is C30H36O7. The minimum absolute atomic E-state index is 0.0418. The van der Waals surface area contributed by atoms with Gasteiger partial charge < -0.3 is 29.2 Å². The summed E-state index contributed by atoms with van der Waals surface area (Å²) in [6.07, 6.45) is -1.10. The minimum Gasteiger partial charge on any atom is -0.491 e. The van der Waals surface area contributed by atoms with Gasteiger partial charge in [-0.1, -0.05) is 30.3 Å². The van der Waals surface area contributed by atoms with Crippen LogP contribution in [0, 0.1) is 13.8 Å². The first-order valence-electron chi connectivity index (χ1n) is 12.4. The van der Waals surface area contributed by atoms with E-state index in [1.807, 2.05) is 69.3 Å². The van der Waals surface area contributed by atoms with Crippen LogP contribution in [0.25, 0.3) is 11.1 Å². The Labute approximate surface area is 218 Å². The lowest BCUT2D eigenvalue weighted by Crippen LogP contribution is -2.21. The number of methoxy groups -OCH3 is 1.